The van der Waals surface area contributed by atoms with Crippen LogP contribution in [-0.4, -0.2) is 5.25 Å². The van der Waals surface area contributed by atoms with Gasteiger partial charge in [-0.05, 0) is 24.1 Å². The van der Waals surface area contributed by atoms with E-state index in [4.69, 9.17) is 0 Å². The zero-order chi connectivity index (χ0) is 9.54. The highest BCUT2D eigenvalue weighted by molar-refractivity contribution is 8.00. The van der Waals surface area contributed by atoms with Crippen LogP contribution >= 0.6 is 11.8 Å². The molecule has 0 spiro atoms. The van der Waals surface area contributed by atoms with Gasteiger partial charge in [0.2, 0.25) is 0 Å². The van der Waals surface area contributed by atoms with Gasteiger partial charge in [-0.25, -0.2) is 0 Å². The third kappa shape index (κ3) is 1.16. The summed E-state index contributed by atoms with van der Waals surface area (Å²) in [6.07, 6.45) is 8.95. The molecular formula is C13H12S. The number of benzene rings is 1. The number of aryl methyl sites for hydroxylation is 1. The largest absolute Gasteiger partial charge is 0.117 e. The van der Waals surface area contributed by atoms with Crippen molar-refractivity contribution in [3.05, 3.63) is 53.6 Å². The molecule has 2 unspecified atom stereocenters. The molecule has 0 fully saturated rings. The lowest BCUT2D eigenvalue weighted by atomic mass is 9.92. The molecule has 1 aromatic rings. The topological polar surface area (TPSA) is 0 Å². The van der Waals surface area contributed by atoms with Crippen LogP contribution in [0.4, 0.5) is 0 Å². The Hall–Kier alpha value is -0.950. The van der Waals surface area contributed by atoms with Gasteiger partial charge in [0.15, 0.2) is 0 Å². The second-order valence-electron chi connectivity index (χ2n) is 3.92. The monoisotopic (exact) mass is 200 g/mol. The quantitative estimate of drug-likeness (QED) is 0.615. The molecule has 0 amide bonds. The molecule has 0 radical (unpaired) electrons. The van der Waals surface area contributed by atoms with Crippen LogP contribution in [0, 0.1) is 6.92 Å². The SMILES string of the molecule is Cc1ccc2c(c1)SC1C=CC=CC21. The standard InChI is InChI=1S/C13H12S/c1-9-6-7-11-10-4-2-3-5-12(10)14-13(11)8-9/h2-8,10,12H,1H3. The lowest BCUT2D eigenvalue weighted by Gasteiger charge is -2.14. The molecule has 2 atom stereocenters. The lowest BCUT2D eigenvalue weighted by Crippen LogP contribution is -2.06. The van der Waals surface area contributed by atoms with E-state index < -0.39 is 0 Å². The Labute approximate surface area is 88.7 Å². The lowest BCUT2D eigenvalue weighted by molar-refractivity contribution is 0.880. The normalized spacial score (nSPS) is 27.5. The molecule has 1 heteroatoms. The number of allylic oxidation sites excluding steroid dienone is 3. The van der Waals surface area contributed by atoms with Gasteiger partial charge in [-0.2, -0.15) is 0 Å². The van der Waals surface area contributed by atoms with Crippen molar-refractivity contribution in [2.24, 2.45) is 0 Å². The predicted molar refractivity (Wildman–Crippen MR) is 61.8 cm³/mol. The highest BCUT2D eigenvalue weighted by Crippen LogP contribution is 2.47. The molecule has 0 bridgehead atoms. The molecule has 70 valence electrons. The van der Waals surface area contributed by atoms with Gasteiger partial charge < -0.3 is 0 Å². The molecule has 14 heavy (non-hydrogen) atoms. The van der Waals surface area contributed by atoms with Crippen molar-refractivity contribution in [1.29, 1.82) is 0 Å². The smallest absolute Gasteiger partial charge is 0.0381 e. The molecule has 3 rings (SSSR count). The summed E-state index contributed by atoms with van der Waals surface area (Å²) in [5, 5.41) is 0.636. The van der Waals surface area contributed by atoms with E-state index in [2.05, 4.69) is 49.4 Å². The fourth-order valence-corrected chi connectivity index (χ4v) is 3.59. The minimum absolute atomic E-state index is 0.612. The van der Waals surface area contributed by atoms with E-state index in [0.29, 0.717) is 11.2 Å². The molecular weight excluding hydrogens is 188 g/mol. The first-order valence-electron chi connectivity index (χ1n) is 4.97. The van der Waals surface area contributed by atoms with E-state index in [1.54, 1.807) is 0 Å². The summed E-state index contributed by atoms with van der Waals surface area (Å²) in [5.41, 5.74) is 2.87. The Morgan fingerprint density at radius 3 is 2.93 bits per heavy atom. The molecule has 0 saturated carbocycles. The highest BCUT2D eigenvalue weighted by Gasteiger charge is 2.30. The number of thioether (sulfide) groups is 1. The second-order valence-corrected chi connectivity index (χ2v) is 5.14. The van der Waals surface area contributed by atoms with Gasteiger partial charge in [0.25, 0.3) is 0 Å². The van der Waals surface area contributed by atoms with Gasteiger partial charge in [-0.3, -0.25) is 0 Å². The fourth-order valence-electron chi connectivity index (χ4n) is 2.15. The van der Waals surface area contributed by atoms with E-state index in [1.165, 1.54) is 16.0 Å². The summed E-state index contributed by atoms with van der Waals surface area (Å²) >= 11 is 2.00. The van der Waals surface area contributed by atoms with Gasteiger partial charge in [-0.15, -0.1) is 11.8 Å². The summed E-state index contributed by atoms with van der Waals surface area (Å²) in [7, 11) is 0. The van der Waals surface area contributed by atoms with Crippen molar-refractivity contribution >= 4 is 11.8 Å². The number of hydrogen-bond acceptors (Lipinski definition) is 1. The van der Waals surface area contributed by atoms with Crippen LogP contribution in [0.5, 0.6) is 0 Å². The Bertz CT molecular complexity index is 429. The summed E-state index contributed by atoms with van der Waals surface area (Å²) in [6.45, 7) is 2.16. The summed E-state index contributed by atoms with van der Waals surface area (Å²) < 4.78 is 0. The Kier molecular flexibility index (Phi) is 1.81. The van der Waals surface area contributed by atoms with Gasteiger partial charge in [0.1, 0.15) is 0 Å². The van der Waals surface area contributed by atoms with Crippen LogP contribution < -0.4 is 0 Å². The first-order chi connectivity index (χ1) is 6.84. The molecule has 0 nitrogen and oxygen atoms in total. The van der Waals surface area contributed by atoms with Crippen molar-refractivity contribution < 1.29 is 0 Å². The number of fused-ring (bicyclic) bond motifs is 3. The van der Waals surface area contributed by atoms with Crippen LogP contribution in [-0.2, 0) is 0 Å². The molecule has 1 aliphatic carbocycles. The number of hydrogen-bond donors (Lipinski definition) is 0. The van der Waals surface area contributed by atoms with Crippen LogP contribution in [0.25, 0.3) is 0 Å². The summed E-state index contributed by atoms with van der Waals surface area (Å²) in [4.78, 5) is 1.47. The first kappa shape index (κ1) is 8.37. The molecule has 1 aliphatic heterocycles. The molecule has 1 aromatic carbocycles. The van der Waals surface area contributed by atoms with Gasteiger partial charge >= 0.3 is 0 Å². The average Bonchev–Trinajstić information content (AvgIpc) is 2.54. The first-order valence-corrected chi connectivity index (χ1v) is 5.85. The van der Waals surface area contributed by atoms with Crippen molar-refractivity contribution in [3.8, 4) is 0 Å². The minimum atomic E-state index is 0.612. The Morgan fingerprint density at radius 1 is 1.14 bits per heavy atom. The zero-order valence-corrected chi connectivity index (χ0v) is 8.92. The maximum Gasteiger partial charge on any atom is 0.0381 e. The van der Waals surface area contributed by atoms with Gasteiger partial charge in [-0.1, -0.05) is 36.4 Å². The molecule has 0 N–H and O–H groups in total. The summed E-state index contributed by atoms with van der Waals surface area (Å²) in [6, 6.07) is 6.81. The van der Waals surface area contributed by atoms with E-state index in [1.807, 2.05) is 11.8 Å². The van der Waals surface area contributed by atoms with Crippen LogP contribution in [0.2, 0.25) is 0 Å². The van der Waals surface area contributed by atoms with Crippen molar-refractivity contribution in [2.75, 3.05) is 0 Å². The van der Waals surface area contributed by atoms with Crippen molar-refractivity contribution in [2.45, 2.75) is 23.0 Å². The second kappa shape index (κ2) is 3.03. The third-order valence-electron chi connectivity index (χ3n) is 2.88. The maximum absolute atomic E-state index is 2.32. The third-order valence-corrected chi connectivity index (χ3v) is 4.21. The van der Waals surface area contributed by atoms with Gasteiger partial charge in [0, 0.05) is 16.1 Å². The van der Waals surface area contributed by atoms with E-state index in [-0.39, 0.29) is 0 Å². The maximum atomic E-state index is 2.32. The van der Waals surface area contributed by atoms with E-state index in [9.17, 15) is 0 Å². The number of rotatable bonds is 0. The van der Waals surface area contributed by atoms with E-state index in [0.717, 1.165) is 0 Å². The molecule has 2 aliphatic rings. The molecule has 1 heterocycles. The fraction of sp³-hybridized carbons (Fsp3) is 0.231. The summed E-state index contributed by atoms with van der Waals surface area (Å²) in [5.74, 6) is 0.612. The van der Waals surface area contributed by atoms with Crippen LogP contribution in [0.1, 0.15) is 17.0 Å². The van der Waals surface area contributed by atoms with Crippen molar-refractivity contribution in [1.82, 2.24) is 0 Å². The minimum Gasteiger partial charge on any atom is -0.117 e. The average molecular weight is 200 g/mol. The Morgan fingerprint density at radius 2 is 2.00 bits per heavy atom. The van der Waals surface area contributed by atoms with Crippen LogP contribution in [0.3, 0.4) is 0 Å². The van der Waals surface area contributed by atoms with Crippen molar-refractivity contribution in [3.63, 3.8) is 0 Å². The van der Waals surface area contributed by atoms with Gasteiger partial charge in [0.05, 0.1) is 0 Å². The predicted octanol–water partition coefficient (Wildman–Crippen LogP) is 3.68. The molecule has 0 saturated heterocycles. The van der Waals surface area contributed by atoms with E-state index >= 15 is 0 Å². The zero-order valence-electron chi connectivity index (χ0n) is 8.10. The van der Waals surface area contributed by atoms with Crippen LogP contribution in [0.15, 0.2) is 47.4 Å². The Balaban J connectivity index is 2.11. The molecule has 0 aromatic heterocycles. The highest BCUT2D eigenvalue weighted by atomic mass is 32.2.